The van der Waals surface area contributed by atoms with E-state index in [1.165, 1.54) is 21.5 Å². The molecule has 2 aliphatic carbocycles. The number of nitrogens with two attached hydrogens (primary N) is 1. The Labute approximate surface area is 439 Å². The summed E-state index contributed by atoms with van der Waals surface area (Å²) in [5.41, 5.74) is 26.8. The topological polar surface area (TPSA) is 99.5 Å². The molecule has 0 bridgehead atoms. The van der Waals surface area contributed by atoms with Gasteiger partial charge in [0.15, 0.2) is 0 Å². The van der Waals surface area contributed by atoms with Crippen molar-refractivity contribution >= 4 is 49.3 Å². The number of benzene rings is 6. The second-order valence-corrected chi connectivity index (χ2v) is 19.9. The second kappa shape index (κ2) is 16.8. The van der Waals surface area contributed by atoms with Crippen molar-refractivity contribution in [2.75, 3.05) is 6.54 Å². The molecular formula is C68H48N8. The summed E-state index contributed by atoms with van der Waals surface area (Å²) in [4.78, 5) is 20.0. The normalized spacial score (nSPS) is 16.4. The quantitative estimate of drug-likeness (QED) is 0.147. The molecule has 3 aliphatic rings. The fourth-order valence-corrected chi connectivity index (χ4v) is 13.0. The molecule has 8 heteroatoms. The number of nitrogens with one attached hydrogen (secondary N) is 1. The Kier molecular flexibility index (Phi) is 9.65. The SMILES string of the molecule is C/C=C\C=C(/N)C1(c2ccccn2)C2=C(NCC=C2)c2cc(-n3c4ccccc4c4cc(-c5ccc6c(c5)c5ccccc5n6-c5ccc6c(c5)-c5ncccc5C6(c5ccccn5)c5ccccn5)ccc43)ccc21. The number of hydrogen-bond donors (Lipinski definition) is 2. The zero-order chi connectivity index (χ0) is 50.5. The molecule has 6 aromatic heterocycles. The zero-order valence-electron chi connectivity index (χ0n) is 41.6. The number of fused-ring (bicyclic) bond motifs is 11. The highest BCUT2D eigenvalue weighted by Gasteiger charge is 2.51. The molecule has 0 saturated carbocycles. The summed E-state index contributed by atoms with van der Waals surface area (Å²) in [5, 5.41) is 8.52. The Morgan fingerprint density at radius 1 is 0.513 bits per heavy atom. The lowest BCUT2D eigenvalue weighted by molar-refractivity contribution is 0.696. The molecular weight excluding hydrogens is 929 g/mol. The summed E-state index contributed by atoms with van der Waals surface area (Å²) in [6.07, 6.45) is 18.0. The molecule has 15 rings (SSSR count). The van der Waals surface area contributed by atoms with Crippen LogP contribution in [0, 0.1) is 0 Å². The highest BCUT2D eigenvalue weighted by atomic mass is 15.0. The Morgan fingerprint density at radius 3 is 1.67 bits per heavy atom. The summed E-state index contributed by atoms with van der Waals surface area (Å²) < 4.78 is 4.81. The lowest BCUT2D eigenvalue weighted by Gasteiger charge is -2.33. The lowest BCUT2D eigenvalue weighted by Crippen LogP contribution is -2.36. The van der Waals surface area contributed by atoms with Gasteiger partial charge in [-0.2, -0.15) is 0 Å². The van der Waals surface area contributed by atoms with E-state index in [2.05, 4.69) is 184 Å². The van der Waals surface area contributed by atoms with E-state index in [-0.39, 0.29) is 0 Å². The third-order valence-electron chi connectivity index (χ3n) is 16.1. The van der Waals surface area contributed by atoms with Crippen molar-refractivity contribution in [2.45, 2.75) is 17.8 Å². The first-order valence-corrected chi connectivity index (χ1v) is 25.9. The largest absolute Gasteiger partial charge is 0.401 e. The average molecular weight is 977 g/mol. The van der Waals surface area contributed by atoms with Crippen LogP contribution < -0.4 is 11.1 Å². The van der Waals surface area contributed by atoms with Crippen LogP contribution in [-0.2, 0) is 10.8 Å². The minimum atomic E-state index is -0.768. The number of pyridine rings is 4. The molecule has 0 saturated heterocycles. The van der Waals surface area contributed by atoms with Crippen LogP contribution in [0.5, 0.6) is 0 Å². The first-order chi connectivity index (χ1) is 37.6. The van der Waals surface area contributed by atoms with Crippen LogP contribution in [0.2, 0.25) is 0 Å². The van der Waals surface area contributed by atoms with E-state index in [0.717, 1.165) is 119 Å². The molecule has 6 aromatic carbocycles. The number of aromatic nitrogens is 6. The maximum absolute atomic E-state index is 7.22. The summed E-state index contributed by atoms with van der Waals surface area (Å²) in [5.74, 6) is 0. The minimum Gasteiger partial charge on any atom is -0.401 e. The fraction of sp³-hybridized carbons (Fsp3) is 0.0588. The van der Waals surface area contributed by atoms with Crippen molar-refractivity contribution in [3.8, 4) is 33.8 Å². The molecule has 8 nitrogen and oxygen atoms in total. The smallest absolute Gasteiger partial charge is 0.107 e. The van der Waals surface area contributed by atoms with E-state index in [9.17, 15) is 0 Å². The molecule has 0 amide bonds. The van der Waals surface area contributed by atoms with Crippen LogP contribution >= 0.6 is 0 Å². The fourth-order valence-electron chi connectivity index (χ4n) is 13.0. The van der Waals surface area contributed by atoms with Gasteiger partial charge in [-0.1, -0.05) is 109 Å². The number of para-hydroxylation sites is 2. The summed E-state index contributed by atoms with van der Waals surface area (Å²) in [6.45, 7) is 2.74. The molecule has 0 spiro atoms. The van der Waals surface area contributed by atoms with Gasteiger partial charge in [-0.05, 0) is 144 Å². The maximum Gasteiger partial charge on any atom is 0.107 e. The van der Waals surface area contributed by atoms with Gasteiger partial charge in [-0.15, -0.1) is 0 Å². The second-order valence-electron chi connectivity index (χ2n) is 19.9. The van der Waals surface area contributed by atoms with E-state index >= 15 is 0 Å². The van der Waals surface area contributed by atoms with Crippen molar-refractivity contribution in [1.82, 2.24) is 34.4 Å². The molecule has 0 fully saturated rings. The zero-order valence-corrected chi connectivity index (χ0v) is 41.6. The number of dihydropyridines is 1. The van der Waals surface area contributed by atoms with Gasteiger partial charge in [0.05, 0.1) is 44.8 Å². The Bertz CT molecular complexity index is 4440. The predicted octanol–water partition coefficient (Wildman–Crippen LogP) is 14.1. The molecule has 3 N–H and O–H groups in total. The molecule has 12 aromatic rings. The third-order valence-corrected chi connectivity index (χ3v) is 16.1. The number of nitrogens with zero attached hydrogens (tertiary/aromatic N) is 6. The van der Waals surface area contributed by atoms with Gasteiger partial charge in [-0.25, -0.2) is 0 Å². The molecule has 0 radical (unpaired) electrons. The van der Waals surface area contributed by atoms with Gasteiger partial charge < -0.3 is 20.2 Å². The molecule has 1 aliphatic heterocycles. The van der Waals surface area contributed by atoms with Crippen LogP contribution in [0.3, 0.4) is 0 Å². The van der Waals surface area contributed by atoms with Gasteiger partial charge in [0, 0.05) is 92.3 Å². The highest BCUT2D eigenvalue weighted by molar-refractivity contribution is 6.13. The Balaban J connectivity index is 0.863. The lowest BCUT2D eigenvalue weighted by atomic mass is 9.71. The van der Waals surface area contributed by atoms with Crippen LogP contribution in [0.25, 0.3) is 83.1 Å². The van der Waals surface area contributed by atoms with E-state index in [4.69, 9.17) is 25.7 Å². The van der Waals surface area contributed by atoms with Crippen molar-refractivity contribution in [2.24, 2.45) is 5.73 Å². The van der Waals surface area contributed by atoms with Gasteiger partial charge in [-0.3, -0.25) is 19.9 Å². The van der Waals surface area contributed by atoms with E-state index in [0.29, 0.717) is 0 Å². The molecule has 76 heavy (non-hydrogen) atoms. The number of rotatable bonds is 8. The van der Waals surface area contributed by atoms with Crippen LogP contribution in [0.4, 0.5) is 0 Å². The number of allylic oxidation sites excluding steroid dienone is 5. The monoisotopic (exact) mass is 976 g/mol. The average Bonchev–Trinajstić information content (AvgIpc) is 4.20. The maximum atomic E-state index is 7.22. The summed E-state index contributed by atoms with van der Waals surface area (Å²) in [6, 6.07) is 67.6. The highest BCUT2D eigenvalue weighted by Crippen LogP contribution is 2.56. The van der Waals surface area contributed by atoms with Crippen molar-refractivity contribution in [3.63, 3.8) is 0 Å². The molecule has 1 atom stereocenters. The minimum absolute atomic E-state index is 0.723. The Morgan fingerprint density at radius 2 is 1.07 bits per heavy atom. The molecule has 1 unspecified atom stereocenters. The Hall–Kier alpha value is -9.92. The van der Waals surface area contributed by atoms with Crippen LogP contribution in [0.15, 0.2) is 254 Å². The van der Waals surface area contributed by atoms with E-state index < -0.39 is 10.8 Å². The third kappa shape index (κ3) is 6.00. The van der Waals surface area contributed by atoms with Crippen molar-refractivity contribution in [1.29, 1.82) is 0 Å². The number of hydrogen-bond acceptors (Lipinski definition) is 6. The predicted molar refractivity (Wildman–Crippen MR) is 307 cm³/mol. The van der Waals surface area contributed by atoms with E-state index in [1.807, 2.05) is 80.3 Å². The van der Waals surface area contributed by atoms with Crippen LogP contribution in [-0.4, -0.2) is 35.6 Å². The summed E-state index contributed by atoms with van der Waals surface area (Å²) >= 11 is 0. The summed E-state index contributed by atoms with van der Waals surface area (Å²) in [7, 11) is 0. The molecule has 360 valence electrons. The standard InChI is InChI=1S/C68H48N8/c1-2-3-22-61(69)67(62-23-8-11-34-70-62)53-30-28-45(41-51(53)65-55(67)18-14-37-73-65)75-57-20-6-4-16-47(57)49-39-43(26-32-59(49)75)44-27-33-60-50(40-44)48-17-5-7-21-58(48)76(60)46-29-31-54-52(42-46)66-56(19-15-38-74-66)68(54,63-24-9-12-35-71-63)64-25-10-13-36-72-64/h2-36,38-42,73H,37,69H2,1H3/b3-2-,61-22-. The first kappa shape index (κ1) is 43.6. The van der Waals surface area contributed by atoms with Gasteiger partial charge in [0.2, 0.25) is 0 Å². The van der Waals surface area contributed by atoms with Crippen molar-refractivity contribution in [3.05, 3.63) is 294 Å². The van der Waals surface area contributed by atoms with Gasteiger partial charge >= 0.3 is 0 Å². The molecule has 7 heterocycles. The first-order valence-electron chi connectivity index (χ1n) is 25.9. The van der Waals surface area contributed by atoms with Gasteiger partial charge in [0.1, 0.15) is 10.8 Å². The van der Waals surface area contributed by atoms with Crippen LogP contribution in [0.1, 0.15) is 46.3 Å². The van der Waals surface area contributed by atoms with E-state index in [1.54, 1.807) is 0 Å². The van der Waals surface area contributed by atoms with Gasteiger partial charge in [0.25, 0.3) is 0 Å². The van der Waals surface area contributed by atoms with Crippen molar-refractivity contribution < 1.29 is 0 Å².